The topological polar surface area (TPSA) is 66.9 Å². The second-order valence-corrected chi connectivity index (χ2v) is 4.29. The van der Waals surface area contributed by atoms with Gasteiger partial charge in [-0.3, -0.25) is 15.0 Å². The molecule has 0 unspecified atom stereocenters. The van der Waals surface area contributed by atoms with E-state index in [-0.39, 0.29) is 16.2 Å². The summed E-state index contributed by atoms with van der Waals surface area (Å²) in [5, 5.41) is 0.489. The Morgan fingerprint density at radius 2 is 2.17 bits per heavy atom. The lowest BCUT2D eigenvalue weighted by Gasteiger charge is -2.08. The van der Waals surface area contributed by atoms with E-state index in [1.54, 1.807) is 18.2 Å². The van der Waals surface area contributed by atoms with Crippen LogP contribution in [0.1, 0.15) is 19.8 Å². The molecule has 2 N–H and O–H groups in total. The summed E-state index contributed by atoms with van der Waals surface area (Å²) in [6.07, 6.45) is 1.07. The number of nitrogens with one attached hydrogen (secondary N) is 2. The van der Waals surface area contributed by atoms with Crippen LogP contribution in [0.5, 0.6) is 0 Å². The highest BCUT2D eigenvalue weighted by Gasteiger charge is 2.07. The van der Waals surface area contributed by atoms with Crippen molar-refractivity contribution in [3.8, 4) is 0 Å². The number of carbonyl (C=O) groups is 1. The summed E-state index contributed by atoms with van der Waals surface area (Å²) in [4.78, 5) is 26.6. The van der Waals surface area contributed by atoms with E-state index in [1.807, 2.05) is 13.0 Å². The quantitative estimate of drug-likeness (QED) is 0.831. The maximum Gasteiger partial charge on any atom is 0.281 e. The van der Waals surface area contributed by atoms with E-state index in [0.29, 0.717) is 23.7 Å². The van der Waals surface area contributed by atoms with Crippen LogP contribution in [0, 0.1) is 4.77 Å². The molecule has 5 nitrogen and oxygen atoms in total. The molecule has 1 aromatic heterocycles. The number of para-hydroxylation sites is 1. The summed E-state index contributed by atoms with van der Waals surface area (Å²) in [5.41, 5.74) is 2.84. The fourth-order valence-corrected chi connectivity index (χ4v) is 1.91. The van der Waals surface area contributed by atoms with Crippen molar-refractivity contribution < 1.29 is 4.79 Å². The van der Waals surface area contributed by atoms with E-state index in [2.05, 4.69) is 10.4 Å². The highest BCUT2D eigenvalue weighted by Crippen LogP contribution is 2.05. The first-order valence-corrected chi connectivity index (χ1v) is 6.08. The maximum absolute atomic E-state index is 12.2. The molecule has 6 heteroatoms. The number of H-pyrrole nitrogens is 1. The monoisotopic (exact) mass is 263 g/mol. The molecular formula is C12H13N3O2S. The van der Waals surface area contributed by atoms with E-state index in [4.69, 9.17) is 12.2 Å². The molecule has 2 rings (SSSR count). The molecule has 0 aliphatic heterocycles. The molecule has 1 amide bonds. The number of rotatable bonds is 3. The Morgan fingerprint density at radius 1 is 1.44 bits per heavy atom. The molecule has 94 valence electrons. The highest BCUT2D eigenvalue weighted by atomic mass is 32.1. The largest absolute Gasteiger partial charge is 0.330 e. The number of fused-ring (bicyclic) bond motifs is 1. The number of aromatic nitrogens is 2. The van der Waals surface area contributed by atoms with E-state index < -0.39 is 0 Å². The zero-order chi connectivity index (χ0) is 13.1. The SMILES string of the molecule is CCCC(=O)Nn1c(=S)[nH]c2ccccc2c1=O. The Labute approximate surface area is 108 Å². The zero-order valence-corrected chi connectivity index (χ0v) is 10.7. The van der Waals surface area contributed by atoms with Gasteiger partial charge in [0.05, 0.1) is 10.9 Å². The van der Waals surface area contributed by atoms with Crippen LogP contribution >= 0.6 is 12.2 Å². The van der Waals surface area contributed by atoms with Gasteiger partial charge in [-0.05, 0) is 30.8 Å². The van der Waals surface area contributed by atoms with Crippen molar-refractivity contribution >= 4 is 29.0 Å². The van der Waals surface area contributed by atoms with Crippen LogP contribution in [0.4, 0.5) is 0 Å². The molecule has 0 aliphatic rings. The number of hydrogen-bond donors (Lipinski definition) is 2. The molecule has 2 aromatic rings. The van der Waals surface area contributed by atoms with Crippen molar-refractivity contribution in [1.29, 1.82) is 0 Å². The van der Waals surface area contributed by atoms with Gasteiger partial charge in [-0.1, -0.05) is 19.1 Å². The zero-order valence-electron chi connectivity index (χ0n) is 9.90. The summed E-state index contributed by atoms with van der Waals surface area (Å²) >= 11 is 5.06. The first-order chi connectivity index (χ1) is 8.63. The van der Waals surface area contributed by atoms with Gasteiger partial charge in [0.25, 0.3) is 5.56 Å². The summed E-state index contributed by atoms with van der Waals surface area (Å²) < 4.78 is 1.26. The average Bonchev–Trinajstić information content (AvgIpc) is 2.35. The number of nitrogens with zero attached hydrogens (tertiary/aromatic N) is 1. The molecule has 0 saturated heterocycles. The van der Waals surface area contributed by atoms with Gasteiger partial charge in [-0.2, -0.15) is 4.68 Å². The van der Waals surface area contributed by atoms with Crippen molar-refractivity contribution in [2.24, 2.45) is 0 Å². The maximum atomic E-state index is 12.2. The van der Waals surface area contributed by atoms with Crippen LogP contribution in [-0.2, 0) is 4.79 Å². The van der Waals surface area contributed by atoms with Crippen molar-refractivity contribution in [3.05, 3.63) is 39.4 Å². The van der Waals surface area contributed by atoms with Crippen molar-refractivity contribution in [3.63, 3.8) is 0 Å². The Bertz CT molecular complexity index is 702. The first-order valence-electron chi connectivity index (χ1n) is 5.67. The van der Waals surface area contributed by atoms with E-state index in [0.717, 1.165) is 4.68 Å². The van der Waals surface area contributed by atoms with Crippen LogP contribution in [0.2, 0.25) is 0 Å². The lowest BCUT2D eigenvalue weighted by molar-refractivity contribution is -0.117. The van der Waals surface area contributed by atoms with Gasteiger partial charge < -0.3 is 4.98 Å². The third-order valence-corrected chi connectivity index (χ3v) is 2.80. The van der Waals surface area contributed by atoms with Crippen LogP contribution in [0.25, 0.3) is 10.9 Å². The number of amides is 1. The van der Waals surface area contributed by atoms with Gasteiger partial charge >= 0.3 is 0 Å². The Morgan fingerprint density at radius 3 is 2.89 bits per heavy atom. The first kappa shape index (κ1) is 12.5. The molecule has 0 fully saturated rings. The van der Waals surface area contributed by atoms with E-state index in [1.165, 1.54) is 0 Å². The van der Waals surface area contributed by atoms with Gasteiger partial charge in [-0.15, -0.1) is 0 Å². The van der Waals surface area contributed by atoms with Crippen LogP contribution in [0.3, 0.4) is 0 Å². The summed E-state index contributed by atoms with van der Waals surface area (Å²) in [6, 6.07) is 7.03. The van der Waals surface area contributed by atoms with Gasteiger partial charge in [0.15, 0.2) is 4.77 Å². The predicted molar refractivity (Wildman–Crippen MR) is 72.7 cm³/mol. The van der Waals surface area contributed by atoms with Crippen LogP contribution in [0.15, 0.2) is 29.1 Å². The van der Waals surface area contributed by atoms with E-state index in [9.17, 15) is 9.59 Å². The number of aromatic amines is 1. The molecule has 0 spiro atoms. The molecule has 0 radical (unpaired) electrons. The molecular weight excluding hydrogens is 250 g/mol. The van der Waals surface area contributed by atoms with Gasteiger partial charge in [-0.25, -0.2) is 0 Å². The van der Waals surface area contributed by atoms with Gasteiger partial charge in [0, 0.05) is 6.42 Å². The van der Waals surface area contributed by atoms with E-state index >= 15 is 0 Å². The lowest BCUT2D eigenvalue weighted by Crippen LogP contribution is -2.34. The molecule has 18 heavy (non-hydrogen) atoms. The minimum Gasteiger partial charge on any atom is -0.330 e. The summed E-state index contributed by atoms with van der Waals surface area (Å²) in [5.74, 6) is -0.227. The fourth-order valence-electron chi connectivity index (χ4n) is 1.67. The second-order valence-electron chi connectivity index (χ2n) is 3.90. The molecule has 0 saturated carbocycles. The molecule has 1 aromatic carbocycles. The van der Waals surface area contributed by atoms with Crippen LogP contribution in [-0.4, -0.2) is 15.6 Å². The third-order valence-electron chi connectivity index (χ3n) is 2.52. The lowest BCUT2D eigenvalue weighted by atomic mass is 10.2. The van der Waals surface area contributed by atoms with Crippen molar-refractivity contribution in [2.75, 3.05) is 5.43 Å². The molecule has 0 atom stereocenters. The molecule has 0 aliphatic carbocycles. The summed E-state index contributed by atoms with van der Waals surface area (Å²) in [6.45, 7) is 1.89. The molecule has 0 bridgehead atoms. The normalized spacial score (nSPS) is 10.5. The fraction of sp³-hybridized carbons (Fsp3) is 0.250. The van der Waals surface area contributed by atoms with Crippen molar-refractivity contribution in [2.45, 2.75) is 19.8 Å². The summed E-state index contributed by atoms with van der Waals surface area (Å²) in [7, 11) is 0. The van der Waals surface area contributed by atoms with Gasteiger partial charge in [0.1, 0.15) is 0 Å². The number of benzene rings is 1. The minimum absolute atomic E-state index is 0.183. The standard InChI is InChI=1S/C12H13N3O2S/c1-2-5-10(16)14-15-11(17)8-6-3-4-7-9(8)13-12(15)18/h3-4,6-7H,2,5H2,1H3,(H,13,18)(H,14,16). The number of hydrogen-bond acceptors (Lipinski definition) is 3. The minimum atomic E-state index is -0.321. The Balaban J connectivity index is 2.55. The Hall–Kier alpha value is -1.95. The third kappa shape index (κ3) is 2.33. The Kier molecular flexibility index (Phi) is 3.57. The van der Waals surface area contributed by atoms with Crippen molar-refractivity contribution in [1.82, 2.24) is 9.66 Å². The predicted octanol–water partition coefficient (Wildman–Crippen LogP) is 1.93. The average molecular weight is 263 g/mol. The smallest absolute Gasteiger partial charge is 0.281 e. The van der Waals surface area contributed by atoms with Gasteiger partial charge in [0.2, 0.25) is 5.91 Å². The van der Waals surface area contributed by atoms with Crippen LogP contribution < -0.4 is 11.0 Å². The molecule has 1 heterocycles. The number of carbonyl (C=O) groups excluding carboxylic acids is 1. The highest BCUT2D eigenvalue weighted by molar-refractivity contribution is 7.71. The second kappa shape index (κ2) is 5.14.